The number of amides is 1. The summed E-state index contributed by atoms with van der Waals surface area (Å²) in [6.45, 7) is 4.00. The number of thiophene rings is 1. The molecule has 6 heteroatoms. The molecule has 1 amide bonds. The molecule has 0 saturated heterocycles. The fourth-order valence-electron chi connectivity index (χ4n) is 3.09. The molecule has 3 N–H and O–H groups in total. The van der Waals surface area contributed by atoms with E-state index in [-0.39, 0.29) is 5.91 Å². The third kappa shape index (κ3) is 3.08. The molecule has 0 spiro atoms. The van der Waals surface area contributed by atoms with Gasteiger partial charge in [-0.2, -0.15) is 0 Å². The first-order valence-electron chi connectivity index (χ1n) is 8.51. The highest BCUT2D eigenvalue weighted by molar-refractivity contribution is 7.21. The summed E-state index contributed by atoms with van der Waals surface area (Å²) in [5.41, 5.74) is 10.4. The quantitative estimate of drug-likeness (QED) is 0.532. The maximum Gasteiger partial charge on any atom is 0.268 e. The number of hydrogen-bond acceptors (Lipinski definition) is 5. The van der Waals surface area contributed by atoms with E-state index in [4.69, 9.17) is 10.5 Å². The highest BCUT2D eigenvalue weighted by atomic mass is 32.1. The van der Waals surface area contributed by atoms with Crippen molar-refractivity contribution in [1.29, 1.82) is 0 Å². The normalized spacial score (nSPS) is 11.1. The van der Waals surface area contributed by atoms with E-state index in [1.807, 2.05) is 50.2 Å². The monoisotopic (exact) mass is 377 g/mol. The molecular weight excluding hydrogens is 358 g/mol. The fraction of sp³-hybridized carbons (Fsp3) is 0.143. The summed E-state index contributed by atoms with van der Waals surface area (Å²) >= 11 is 1.30. The summed E-state index contributed by atoms with van der Waals surface area (Å²) in [6, 6.07) is 13.7. The van der Waals surface area contributed by atoms with Crippen LogP contribution >= 0.6 is 11.3 Å². The van der Waals surface area contributed by atoms with Gasteiger partial charge in [0.2, 0.25) is 0 Å². The van der Waals surface area contributed by atoms with Gasteiger partial charge in [0.15, 0.2) is 0 Å². The summed E-state index contributed by atoms with van der Waals surface area (Å²) in [4.78, 5) is 18.7. The van der Waals surface area contributed by atoms with Crippen LogP contribution in [0.1, 0.15) is 20.8 Å². The average molecular weight is 377 g/mol. The number of anilines is 2. The second kappa shape index (κ2) is 6.55. The van der Waals surface area contributed by atoms with Crippen molar-refractivity contribution in [3.05, 3.63) is 58.5 Å². The van der Waals surface area contributed by atoms with Crippen LogP contribution in [-0.4, -0.2) is 18.0 Å². The van der Waals surface area contributed by atoms with Crippen LogP contribution in [0.2, 0.25) is 0 Å². The standard InChI is InChI=1S/C21H19N3O2S/c1-11-4-6-15-13(8-11)10-14-18(22)19(27-21(14)24-15)20(25)23-16-9-12(2)5-7-17(16)26-3/h4-10H,22H2,1-3H3,(H,23,25). The van der Waals surface area contributed by atoms with Crippen LogP contribution in [-0.2, 0) is 0 Å². The van der Waals surface area contributed by atoms with E-state index in [0.29, 0.717) is 22.0 Å². The van der Waals surface area contributed by atoms with Gasteiger partial charge in [-0.15, -0.1) is 11.3 Å². The number of aromatic nitrogens is 1. The van der Waals surface area contributed by atoms with Crippen molar-refractivity contribution in [3.8, 4) is 5.75 Å². The van der Waals surface area contributed by atoms with Crippen LogP contribution in [0.15, 0.2) is 42.5 Å². The zero-order valence-corrected chi connectivity index (χ0v) is 16.1. The number of nitrogens with zero attached hydrogens (tertiary/aromatic N) is 1. The predicted octanol–water partition coefficient (Wildman–Crippen LogP) is 4.91. The number of carbonyl (C=O) groups is 1. The molecule has 0 radical (unpaired) electrons. The van der Waals surface area contributed by atoms with Gasteiger partial charge in [-0.1, -0.05) is 17.7 Å². The predicted molar refractivity (Wildman–Crippen MR) is 112 cm³/mol. The minimum absolute atomic E-state index is 0.264. The second-order valence-corrected chi connectivity index (χ2v) is 7.54. The van der Waals surface area contributed by atoms with E-state index in [2.05, 4.69) is 16.4 Å². The average Bonchev–Trinajstić information content (AvgIpc) is 2.96. The Bertz CT molecular complexity index is 1200. The Labute approximate surface area is 160 Å². The van der Waals surface area contributed by atoms with Gasteiger partial charge in [0, 0.05) is 10.8 Å². The van der Waals surface area contributed by atoms with E-state index < -0.39 is 0 Å². The third-order valence-electron chi connectivity index (χ3n) is 4.48. The first-order valence-corrected chi connectivity index (χ1v) is 9.33. The molecule has 0 saturated carbocycles. The number of rotatable bonds is 3. The van der Waals surface area contributed by atoms with E-state index in [1.165, 1.54) is 11.3 Å². The zero-order chi connectivity index (χ0) is 19.1. The number of benzene rings is 2. The van der Waals surface area contributed by atoms with E-state index in [0.717, 1.165) is 32.2 Å². The Morgan fingerprint density at radius 3 is 2.63 bits per heavy atom. The molecule has 136 valence electrons. The lowest BCUT2D eigenvalue weighted by Crippen LogP contribution is -2.12. The number of pyridine rings is 1. The molecule has 4 aromatic rings. The molecule has 2 aromatic carbocycles. The van der Waals surface area contributed by atoms with Crippen LogP contribution in [0, 0.1) is 13.8 Å². The summed E-state index contributed by atoms with van der Waals surface area (Å²) < 4.78 is 5.33. The molecule has 27 heavy (non-hydrogen) atoms. The Hall–Kier alpha value is -3.12. The maximum absolute atomic E-state index is 12.9. The second-order valence-electron chi connectivity index (χ2n) is 6.54. The van der Waals surface area contributed by atoms with E-state index in [9.17, 15) is 4.79 Å². The number of nitrogens with two attached hydrogens (primary N) is 1. The number of nitrogens with one attached hydrogen (secondary N) is 1. The number of carbonyl (C=O) groups excluding carboxylic acids is 1. The molecule has 0 bridgehead atoms. The van der Waals surface area contributed by atoms with Gasteiger partial charge in [-0.05, 0) is 49.7 Å². The van der Waals surface area contributed by atoms with Gasteiger partial charge in [0.1, 0.15) is 15.5 Å². The maximum atomic E-state index is 12.9. The van der Waals surface area contributed by atoms with Crippen molar-refractivity contribution < 1.29 is 9.53 Å². The van der Waals surface area contributed by atoms with Gasteiger partial charge < -0.3 is 15.8 Å². The lowest BCUT2D eigenvalue weighted by molar-refractivity contribution is 0.103. The first kappa shape index (κ1) is 17.3. The lowest BCUT2D eigenvalue weighted by Gasteiger charge is -2.10. The highest BCUT2D eigenvalue weighted by Gasteiger charge is 2.19. The Morgan fingerprint density at radius 2 is 1.85 bits per heavy atom. The van der Waals surface area contributed by atoms with Gasteiger partial charge in [0.05, 0.1) is 24.0 Å². The van der Waals surface area contributed by atoms with Crippen molar-refractivity contribution in [3.63, 3.8) is 0 Å². The van der Waals surface area contributed by atoms with Crippen LogP contribution in [0.3, 0.4) is 0 Å². The van der Waals surface area contributed by atoms with Crippen LogP contribution < -0.4 is 15.8 Å². The molecule has 2 aromatic heterocycles. The number of hydrogen-bond donors (Lipinski definition) is 2. The Morgan fingerprint density at radius 1 is 1.11 bits per heavy atom. The fourth-order valence-corrected chi connectivity index (χ4v) is 4.07. The molecule has 0 aliphatic carbocycles. The minimum atomic E-state index is -0.264. The number of methoxy groups -OCH3 is 1. The van der Waals surface area contributed by atoms with Crippen LogP contribution in [0.5, 0.6) is 5.75 Å². The van der Waals surface area contributed by atoms with Crippen molar-refractivity contribution in [2.24, 2.45) is 0 Å². The minimum Gasteiger partial charge on any atom is -0.495 e. The summed E-state index contributed by atoms with van der Waals surface area (Å²) in [6.07, 6.45) is 0. The first-order chi connectivity index (χ1) is 13.0. The molecule has 2 heterocycles. The zero-order valence-electron chi connectivity index (χ0n) is 15.3. The van der Waals surface area contributed by atoms with Gasteiger partial charge >= 0.3 is 0 Å². The van der Waals surface area contributed by atoms with Crippen molar-refractivity contribution in [1.82, 2.24) is 4.98 Å². The SMILES string of the molecule is COc1ccc(C)cc1NC(=O)c1sc2nc3ccc(C)cc3cc2c1N. The van der Waals surface area contributed by atoms with Crippen molar-refractivity contribution in [2.45, 2.75) is 13.8 Å². The van der Waals surface area contributed by atoms with Crippen molar-refractivity contribution in [2.75, 3.05) is 18.2 Å². The molecule has 0 aliphatic rings. The van der Waals surface area contributed by atoms with E-state index in [1.54, 1.807) is 7.11 Å². The van der Waals surface area contributed by atoms with Crippen LogP contribution in [0.25, 0.3) is 21.1 Å². The van der Waals surface area contributed by atoms with Gasteiger partial charge in [0.25, 0.3) is 5.91 Å². The van der Waals surface area contributed by atoms with Crippen LogP contribution in [0.4, 0.5) is 11.4 Å². The molecule has 4 rings (SSSR count). The summed E-state index contributed by atoms with van der Waals surface area (Å²) in [5.74, 6) is 0.340. The van der Waals surface area contributed by atoms with Crippen molar-refractivity contribution >= 4 is 49.7 Å². The summed E-state index contributed by atoms with van der Waals surface area (Å²) in [7, 11) is 1.57. The Kier molecular flexibility index (Phi) is 4.20. The molecule has 0 fully saturated rings. The largest absolute Gasteiger partial charge is 0.495 e. The molecule has 5 nitrogen and oxygen atoms in total. The molecule has 0 aliphatic heterocycles. The van der Waals surface area contributed by atoms with Gasteiger partial charge in [-0.3, -0.25) is 4.79 Å². The van der Waals surface area contributed by atoms with Gasteiger partial charge in [-0.25, -0.2) is 4.98 Å². The third-order valence-corrected chi connectivity index (χ3v) is 5.59. The molecular formula is C21H19N3O2S. The highest BCUT2D eigenvalue weighted by Crippen LogP contribution is 2.36. The topological polar surface area (TPSA) is 77.2 Å². The number of aryl methyl sites for hydroxylation is 2. The number of ether oxygens (including phenoxy) is 1. The Balaban J connectivity index is 1.77. The smallest absolute Gasteiger partial charge is 0.268 e. The number of nitrogen functional groups attached to an aromatic ring is 1. The molecule has 0 unspecified atom stereocenters. The molecule has 0 atom stereocenters. The lowest BCUT2D eigenvalue weighted by atomic mass is 10.1. The summed E-state index contributed by atoms with van der Waals surface area (Å²) in [5, 5.41) is 4.73. The number of fused-ring (bicyclic) bond motifs is 2. The van der Waals surface area contributed by atoms with E-state index >= 15 is 0 Å².